The molecule has 1 aliphatic heterocycles. The van der Waals surface area contributed by atoms with Crippen LogP contribution in [0.1, 0.15) is 12.0 Å². The first-order chi connectivity index (χ1) is 9.04. The molecule has 1 aromatic rings. The van der Waals surface area contributed by atoms with Crippen molar-refractivity contribution in [2.24, 2.45) is 0 Å². The summed E-state index contributed by atoms with van der Waals surface area (Å²) in [6, 6.07) is 5.98. The second-order valence-corrected chi connectivity index (χ2v) is 4.48. The van der Waals surface area contributed by atoms with E-state index in [-0.39, 0.29) is 24.5 Å². The maximum Gasteiger partial charge on any atom is 0.292 e. The number of nitrogens with zero attached hydrogens (tertiary/aromatic N) is 2. The van der Waals surface area contributed by atoms with Gasteiger partial charge in [0.2, 0.25) is 0 Å². The van der Waals surface area contributed by atoms with E-state index in [0.717, 1.165) is 0 Å². The topological polar surface area (TPSA) is 108 Å². The molecule has 0 saturated carbocycles. The number of nitro benzene ring substituents is 1. The summed E-state index contributed by atoms with van der Waals surface area (Å²) < 4.78 is 5.09. The van der Waals surface area contributed by atoms with Crippen molar-refractivity contribution in [2.45, 2.75) is 12.0 Å². The van der Waals surface area contributed by atoms with E-state index >= 15 is 0 Å². The number of ether oxygens (including phenoxy) is 1. The highest BCUT2D eigenvalue weighted by Crippen LogP contribution is 2.27. The highest BCUT2D eigenvalue weighted by atomic mass is 16.6. The minimum Gasteiger partial charge on any atom is -0.386 e. The SMILES string of the molecule is N#Cc1ccc([N+](=O)[O-])c(NC[C@]2(O)CCOC2)c1. The number of hydrogen-bond acceptors (Lipinski definition) is 6. The largest absolute Gasteiger partial charge is 0.386 e. The normalized spacial score (nSPS) is 21.9. The Bertz CT molecular complexity index is 532. The highest BCUT2D eigenvalue weighted by molar-refractivity contribution is 5.64. The maximum atomic E-state index is 10.9. The lowest BCUT2D eigenvalue weighted by Gasteiger charge is -2.21. The van der Waals surface area contributed by atoms with Crippen LogP contribution in [0.3, 0.4) is 0 Å². The first-order valence-electron chi connectivity index (χ1n) is 5.77. The summed E-state index contributed by atoms with van der Waals surface area (Å²) in [5.74, 6) is 0. The summed E-state index contributed by atoms with van der Waals surface area (Å²) in [6.45, 7) is 0.812. The lowest BCUT2D eigenvalue weighted by Crippen LogP contribution is -2.37. The number of benzene rings is 1. The molecule has 7 heteroatoms. The fraction of sp³-hybridized carbons (Fsp3) is 0.417. The van der Waals surface area contributed by atoms with Crippen molar-refractivity contribution < 1.29 is 14.8 Å². The van der Waals surface area contributed by atoms with Crippen molar-refractivity contribution in [3.63, 3.8) is 0 Å². The van der Waals surface area contributed by atoms with E-state index in [2.05, 4.69) is 5.32 Å². The fourth-order valence-electron chi connectivity index (χ4n) is 1.90. The third-order valence-electron chi connectivity index (χ3n) is 3.01. The summed E-state index contributed by atoms with van der Waals surface area (Å²) in [5.41, 5.74) is -0.593. The molecule has 0 aliphatic carbocycles. The van der Waals surface area contributed by atoms with Crippen LogP contribution in [0.5, 0.6) is 0 Å². The van der Waals surface area contributed by atoms with Crippen molar-refractivity contribution in [1.29, 1.82) is 5.26 Å². The number of rotatable bonds is 4. The molecule has 2 rings (SSSR count). The molecule has 1 atom stereocenters. The van der Waals surface area contributed by atoms with Gasteiger partial charge in [-0.05, 0) is 12.1 Å². The molecule has 0 amide bonds. The molecule has 1 fully saturated rings. The first-order valence-corrected chi connectivity index (χ1v) is 5.77. The van der Waals surface area contributed by atoms with Gasteiger partial charge >= 0.3 is 0 Å². The molecule has 1 saturated heterocycles. The van der Waals surface area contributed by atoms with E-state index in [9.17, 15) is 15.2 Å². The molecular formula is C12H13N3O4. The predicted octanol–water partition coefficient (Wildman–Crippen LogP) is 1.03. The van der Waals surface area contributed by atoms with Gasteiger partial charge in [0.1, 0.15) is 11.3 Å². The number of hydrogen-bond donors (Lipinski definition) is 2. The minimum absolute atomic E-state index is 0.124. The van der Waals surface area contributed by atoms with Crippen LogP contribution in [0.15, 0.2) is 18.2 Å². The number of nitro groups is 1. The van der Waals surface area contributed by atoms with Gasteiger partial charge in [0.25, 0.3) is 5.69 Å². The average molecular weight is 263 g/mol. The number of anilines is 1. The third kappa shape index (κ3) is 2.99. The average Bonchev–Trinajstić information content (AvgIpc) is 2.83. The van der Waals surface area contributed by atoms with Crippen LogP contribution < -0.4 is 5.32 Å². The summed E-state index contributed by atoms with van der Waals surface area (Å²) in [4.78, 5) is 10.4. The van der Waals surface area contributed by atoms with Gasteiger partial charge in [0.15, 0.2) is 0 Å². The molecule has 7 nitrogen and oxygen atoms in total. The number of nitriles is 1. The summed E-state index contributed by atoms with van der Waals surface area (Å²) >= 11 is 0. The zero-order chi connectivity index (χ0) is 13.9. The second-order valence-electron chi connectivity index (χ2n) is 4.48. The lowest BCUT2D eigenvalue weighted by molar-refractivity contribution is -0.384. The van der Waals surface area contributed by atoms with Gasteiger partial charge in [-0.3, -0.25) is 10.1 Å². The van der Waals surface area contributed by atoms with E-state index in [1.165, 1.54) is 18.2 Å². The van der Waals surface area contributed by atoms with Crippen LogP contribution >= 0.6 is 0 Å². The lowest BCUT2D eigenvalue weighted by atomic mass is 10.0. The van der Waals surface area contributed by atoms with Gasteiger partial charge in [-0.15, -0.1) is 0 Å². The van der Waals surface area contributed by atoms with Crippen molar-refractivity contribution in [3.8, 4) is 6.07 Å². The molecule has 0 aromatic heterocycles. The summed E-state index contributed by atoms with van der Waals surface area (Å²) in [6.07, 6.45) is 0.478. The molecule has 1 aliphatic rings. The minimum atomic E-state index is -1.02. The molecule has 1 heterocycles. The van der Waals surface area contributed by atoms with Crippen LogP contribution in [0, 0.1) is 21.4 Å². The molecule has 0 bridgehead atoms. The number of aliphatic hydroxyl groups is 1. The molecule has 100 valence electrons. The Balaban J connectivity index is 2.18. The Morgan fingerprint density at radius 1 is 1.63 bits per heavy atom. The van der Waals surface area contributed by atoms with Gasteiger partial charge in [0, 0.05) is 25.6 Å². The zero-order valence-electron chi connectivity index (χ0n) is 10.1. The molecular weight excluding hydrogens is 250 g/mol. The summed E-state index contributed by atoms with van der Waals surface area (Å²) in [5, 5.41) is 32.6. The summed E-state index contributed by atoms with van der Waals surface area (Å²) in [7, 11) is 0. The Morgan fingerprint density at radius 2 is 2.42 bits per heavy atom. The highest BCUT2D eigenvalue weighted by Gasteiger charge is 2.32. The van der Waals surface area contributed by atoms with Crippen molar-refractivity contribution in [1.82, 2.24) is 0 Å². The van der Waals surface area contributed by atoms with Gasteiger partial charge in [0.05, 0.1) is 23.2 Å². The Kier molecular flexibility index (Phi) is 3.64. The van der Waals surface area contributed by atoms with Crippen molar-refractivity contribution in [3.05, 3.63) is 33.9 Å². The Morgan fingerprint density at radius 3 is 3.00 bits per heavy atom. The van der Waals surface area contributed by atoms with Crippen LogP contribution in [0.25, 0.3) is 0 Å². The molecule has 19 heavy (non-hydrogen) atoms. The predicted molar refractivity (Wildman–Crippen MR) is 66.7 cm³/mol. The van der Waals surface area contributed by atoms with E-state index < -0.39 is 10.5 Å². The van der Waals surface area contributed by atoms with Crippen LogP contribution in [0.4, 0.5) is 11.4 Å². The van der Waals surface area contributed by atoms with Gasteiger partial charge in [-0.25, -0.2) is 0 Å². The standard InChI is InChI=1S/C12H13N3O4/c13-6-9-1-2-11(15(17)18)10(5-9)14-7-12(16)3-4-19-8-12/h1-2,5,14,16H,3-4,7-8H2/t12-/m1/s1. The van der Waals surface area contributed by atoms with E-state index in [1.807, 2.05) is 6.07 Å². The van der Waals surface area contributed by atoms with E-state index in [1.54, 1.807) is 0 Å². The Hall–Kier alpha value is -2.17. The monoisotopic (exact) mass is 263 g/mol. The van der Waals surface area contributed by atoms with E-state index in [0.29, 0.717) is 18.6 Å². The molecule has 0 unspecified atom stereocenters. The van der Waals surface area contributed by atoms with Gasteiger partial charge in [-0.2, -0.15) is 5.26 Å². The van der Waals surface area contributed by atoms with Gasteiger partial charge in [-0.1, -0.05) is 0 Å². The molecule has 0 radical (unpaired) electrons. The molecule has 1 aromatic carbocycles. The van der Waals surface area contributed by atoms with Crippen LogP contribution in [0.2, 0.25) is 0 Å². The van der Waals surface area contributed by atoms with E-state index in [4.69, 9.17) is 10.00 Å². The zero-order valence-corrected chi connectivity index (χ0v) is 10.1. The van der Waals surface area contributed by atoms with Crippen LogP contribution in [-0.4, -0.2) is 35.4 Å². The molecule has 2 N–H and O–H groups in total. The first kappa shape index (κ1) is 13.3. The third-order valence-corrected chi connectivity index (χ3v) is 3.01. The maximum absolute atomic E-state index is 10.9. The second kappa shape index (κ2) is 5.22. The quantitative estimate of drug-likeness (QED) is 0.620. The fourth-order valence-corrected chi connectivity index (χ4v) is 1.90. The van der Waals surface area contributed by atoms with Crippen molar-refractivity contribution >= 4 is 11.4 Å². The van der Waals surface area contributed by atoms with Crippen LogP contribution in [-0.2, 0) is 4.74 Å². The Labute approximate surface area is 109 Å². The van der Waals surface area contributed by atoms with Gasteiger partial charge < -0.3 is 15.2 Å². The number of nitrogens with one attached hydrogen (secondary N) is 1. The smallest absolute Gasteiger partial charge is 0.292 e. The molecule has 0 spiro atoms. The van der Waals surface area contributed by atoms with Crippen molar-refractivity contribution in [2.75, 3.05) is 25.1 Å².